The number of nitrogens with one attached hydrogen (secondary N) is 2. The first-order chi connectivity index (χ1) is 17.5. The molecule has 36 heavy (non-hydrogen) atoms. The Kier molecular flexibility index (Phi) is 8.05. The number of ether oxygens (including phenoxy) is 1. The highest BCUT2D eigenvalue weighted by atomic mass is 16.5. The van der Waals surface area contributed by atoms with Gasteiger partial charge >= 0.3 is 0 Å². The largest absolute Gasteiger partial charge is 0.497 e. The van der Waals surface area contributed by atoms with Crippen LogP contribution in [0.5, 0.6) is 5.75 Å². The van der Waals surface area contributed by atoms with Crippen LogP contribution in [-0.2, 0) is 9.59 Å². The van der Waals surface area contributed by atoms with Gasteiger partial charge in [-0.1, -0.05) is 43.2 Å². The molecule has 0 saturated heterocycles. The van der Waals surface area contributed by atoms with Gasteiger partial charge in [-0.3, -0.25) is 19.3 Å². The van der Waals surface area contributed by atoms with Gasteiger partial charge in [-0.05, 0) is 61.2 Å². The fourth-order valence-corrected chi connectivity index (χ4v) is 4.57. The average molecular weight is 490 g/mol. The maximum Gasteiger partial charge on any atom is 0.287 e. The molecule has 0 spiro atoms. The van der Waals surface area contributed by atoms with Crippen molar-refractivity contribution in [3.63, 3.8) is 0 Å². The quantitative estimate of drug-likeness (QED) is 0.470. The third-order valence-electron chi connectivity index (χ3n) is 6.41. The van der Waals surface area contributed by atoms with E-state index < -0.39 is 17.9 Å². The highest BCUT2D eigenvalue weighted by molar-refractivity contribution is 6.04. The number of nitrogens with zero attached hydrogens (tertiary/aromatic N) is 1. The number of benzene rings is 2. The van der Waals surface area contributed by atoms with Crippen LogP contribution in [0.25, 0.3) is 0 Å². The van der Waals surface area contributed by atoms with E-state index in [4.69, 9.17) is 9.15 Å². The van der Waals surface area contributed by atoms with E-state index in [1.54, 1.807) is 43.5 Å². The van der Waals surface area contributed by atoms with Crippen molar-refractivity contribution in [3.8, 4) is 5.75 Å². The summed E-state index contributed by atoms with van der Waals surface area (Å²) in [5, 5.41) is 5.77. The van der Waals surface area contributed by atoms with Crippen LogP contribution < -0.4 is 20.3 Å². The summed E-state index contributed by atoms with van der Waals surface area (Å²) in [5.74, 6) is -0.530. The fourth-order valence-electron chi connectivity index (χ4n) is 4.57. The zero-order valence-electron chi connectivity index (χ0n) is 20.5. The van der Waals surface area contributed by atoms with Crippen LogP contribution in [0.4, 0.5) is 5.69 Å². The fraction of sp³-hybridized carbons (Fsp3) is 0.321. The lowest BCUT2D eigenvalue weighted by atomic mass is 10.0. The van der Waals surface area contributed by atoms with E-state index in [-0.39, 0.29) is 24.3 Å². The number of rotatable bonds is 9. The third kappa shape index (κ3) is 5.76. The van der Waals surface area contributed by atoms with Crippen molar-refractivity contribution in [3.05, 3.63) is 83.8 Å². The molecule has 3 aromatic rings. The molecule has 1 aliphatic rings. The highest BCUT2D eigenvalue weighted by Crippen LogP contribution is 2.32. The van der Waals surface area contributed by atoms with Gasteiger partial charge in [0.25, 0.3) is 5.91 Å². The molecule has 1 heterocycles. The molecule has 1 fully saturated rings. The first-order valence-corrected chi connectivity index (χ1v) is 12.1. The first kappa shape index (κ1) is 25.0. The topological polar surface area (TPSA) is 101 Å². The van der Waals surface area contributed by atoms with Crippen molar-refractivity contribution in [2.75, 3.05) is 18.6 Å². The Labute approximate surface area is 210 Å². The van der Waals surface area contributed by atoms with Gasteiger partial charge in [-0.2, -0.15) is 0 Å². The molecule has 1 aliphatic carbocycles. The zero-order valence-corrected chi connectivity index (χ0v) is 20.5. The van der Waals surface area contributed by atoms with Gasteiger partial charge in [0.2, 0.25) is 11.8 Å². The Hall–Kier alpha value is -4.07. The number of methoxy groups -OCH3 is 1. The molecule has 1 aromatic heterocycles. The summed E-state index contributed by atoms with van der Waals surface area (Å²) in [4.78, 5) is 41.5. The smallest absolute Gasteiger partial charge is 0.287 e. The van der Waals surface area contributed by atoms with Gasteiger partial charge in [0, 0.05) is 11.7 Å². The minimum atomic E-state index is -0.963. The van der Waals surface area contributed by atoms with E-state index in [9.17, 15) is 14.4 Å². The van der Waals surface area contributed by atoms with Crippen molar-refractivity contribution in [2.24, 2.45) is 0 Å². The summed E-state index contributed by atoms with van der Waals surface area (Å²) in [6.07, 6.45) is 5.34. The standard InChI is InChI=1S/C28H31N3O5/c1-19-9-3-6-14-23(19)31(25(32)18-29-27(33)24-15-8-16-36-24)26(20-10-7-13-22(17-20)35-2)28(34)30-21-11-4-5-12-21/h3,6-10,13-17,21,26H,4-5,11-12,18H2,1-2H3,(H,29,33)(H,30,34). The average Bonchev–Trinajstić information content (AvgIpc) is 3.61. The molecule has 4 rings (SSSR count). The lowest BCUT2D eigenvalue weighted by Gasteiger charge is -2.33. The summed E-state index contributed by atoms with van der Waals surface area (Å²) in [7, 11) is 1.56. The van der Waals surface area contributed by atoms with Crippen LogP contribution in [-0.4, -0.2) is 37.4 Å². The van der Waals surface area contributed by atoms with Gasteiger partial charge in [-0.25, -0.2) is 0 Å². The summed E-state index contributed by atoms with van der Waals surface area (Å²) in [6.45, 7) is 1.57. The molecule has 0 bridgehead atoms. The summed E-state index contributed by atoms with van der Waals surface area (Å²) < 4.78 is 10.5. The maximum atomic E-state index is 13.8. The Morgan fingerprint density at radius 2 is 1.83 bits per heavy atom. The number of aryl methyl sites for hydroxylation is 1. The van der Waals surface area contributed by atoms with E-state index in [0.717, 1.165) is 31.2 Å². The number of para-hydroxylation sites is 1. The normalized spacial score (nSPS) is 14.2. The number of hydrogen-bond donors (Lipinski definition) is 2. The number of amides is 3. The predicted octanol–water partition coefficient (Wildman–Crippen LogP) is 4.16. The number of furan rings is 1. The van der Waals surface area contributed by atoms with Crippen LogP contribution in [0.1, 0.15) is 53.4 Å². The van der Waals surface area contributed by atoms with Crippen LogP contribution in [0, 0.1) is 6.92 Å². The van der Waals surface area contributed by atoms with E-state index in [1.165, 1.54) is 17.2 Å². The number of carbonyl (C=O) groups excluding carboxylic acids is 3. The second kappa shape index (κ2) is 11.6. The SMILES string of the molecule is COc1cccc(C(C(=O)NC2CCCC2)N(C(=O)CNC(=O)c2ccco2)c2ccccc2C)c1. The number of hydrogen-bond acceptors (Lipinski definition) is 5. The first-order valence-electron chi connectivity index (χ1n) is 12.1. The van der Waals surface area contributed by atoms with Crippen molar-refractivity contribution in [1.82, 2.24) is 10.6 Å². The molecule has 8 nitrogen and oxygen atoms in total. The second-order valence-electron chi connectivity index (χ2n) is 8.88. The Balaban J connectivity index is 1.71. The van der Waals surface area contributed by atoms with Gasteiger partial charge < -0.3 is 19.8 Å². The van der Waals surface area contributed by atoms with Crippen molar-refractivity contribution < 1.29 is 23.5 Å². The molecule has 2 N–H and O–H groups in total. The van der Waals surface area contributed by atoms with Crippen LogP contribution >= 0.6 is 0 Å². The van der Waals surface area contributed by atoms with Crippen LogP contribution in [0.15, 0.2) is 71.3 Å². The minimum Gasteiger partial charge on any atom is -0.497 e. The van der Waals surface area contributed by atoms with E-state index in [0.29, 0.717) is 17.0 Å². The van der Waals surface area contributed by atoms with Crippen molar-refractivity contribution >= 4 is 23.4 Å². The molecule has 2 aromatic carbocycles. The molecular formula is C28H31N3O5. The lowest BCUT2D eigenvalue weighted by Crippen LogP contribution is -2.49. The van der Waals surface area contributed by atoms with Crippen LogP contribution in [0.2, 0.25) is 0 Å². The Morgan fingerprint density at radius 3 is 2.53 bits per heavy atom. The highest BCUT2D eigenvalue weighted by Gasteiger charge is 2.35. The molecule has 3 amide bonds. The van der Waals surface area contributed by atoms with Crippen LogP contribution in [0.3, 0.4) is 0 Å². The molecular weight excluding hydrogens is 458 g/mol. The summed E-state index contributed by atoms with van der Waals surface area (Å²) in [5.41, 5.74) is 2.02. The number of anilines is 1. The Bertz CT molecular complexity index is 1200. The van der Waals surface area contributed by atoms with E-state index >= 15 is 0 Å². The molecule has 188 valence electrons. The summed E-state index contributed by atoms with van der Waals surface area (Å²) >= 11 is 0. The lowest BCUT2D eigenvalue weighted by molar-refractivity contribution is -0.126. The zero-order chi connectivity index (χ0) is 25.5. The molecule has 1 saturated carbocycles. The number of carbonyl (C=O) groups is 3. The molecule has 1 unspecified atom stereocenters. The predicted molar refractivity (Wildman–Crippen MR) is 136 cm³/mol. The van der Waals surface area contributed by atoms with Gasteiger partial charge in [0.05, 0.1) is 19.9 Å². The van der Waals surface area contributed by atoms with E-state index in [1.807, 2.05) is 25.1 Å². The summed E-state index contributed by atoms with van der Waals surface area (Å²) in [6, 6.07) is 16.8. The van der Waals surface area contributed by atoms with Gasteiger partial charge in [0.1, 0.15) is 11.8 Å². The molecule has 0 aliphatic heterocycles. The van der Waals surface area contributed by atoms with Gasteiger partial charge in [-0.15, -0.1) is 0 Å². The van der Waals surface area contributed by atoms with Crippen molar-refractivity contribution in [1.29, 1.82) is 0 Å². The van der Waals surface area contributed by atoms with Crippen molar-refractivity contribution in [2.45, 2.75) is 44.7 Å². The molecule has 8 heteroatoms. The monoisotopic (exact) mass is 489 g/mol. The second-order valence-corrected chi connectivity index (χ2v) is 8.88. The Morgan fingerprint density at radius 1 is 1.06 bits per heavy atom. The molecule has 0 radical (unpaired) electrons. The van der Waals surface area contributed by atoms with E-state index in [2.05, 4.69) is 10.6 Å². The third-order valence-corrected chi connectivity index (χ3v) is 6.41. The minimum absolute atomic E-state index is 0.0677. The van der Waals surface area contributed by atoms with Gasteiger partial charge in [0.15, 0.2) is 5.76 Å². The maximum absolute atomic E-state index is 13.8. The molecule has 1 atom stereocenters.